The number of carbonyl (C=O) groups excluding carboxylic acids is 1. The van der Waals surface area contributed by atoms with Gasteiger partial charge in [0.05, 0.1) is 18.0 Å². The van der Waals surface area contributed by atoms with Crippen LogP contribution in [0.15, 0.2) is 91.0 Å². The average Bonchev–Trinajstić information content (AvgIpc) is 3.42. The maximum Gasteiger partial charge on any atom is 0.342 e. The number of hydrogen-bond acceptors (Lipinski definition) is 5. The summed E-state index contributed by atoms with van der Waals surface area (Å²) in [6, 6.07) is 29.2. The predicted molar refractivity (Wildman–Crippen MR) is 137 cm³/mol. The Bertz CT molecular complexity index is 1470. The van der Waals surface area contributed by atoms with Crippen LogP contribution in [0.2, 0.25) is 0 Å². The van der Waals surface area contributed by atoms with Gasteiger partial charge in [0.25, 0.3) is 0 Å². The minimum Gasteiger partial charge on any atom is -0.462 e. The molecule has 0 fully saturated rings. The van der Waals surface area contributed by atoms with Gasteiger partial charge in [-0.2, -0.15) is 4.68 Å². The molecule has 0 aliphatic rings. The first kappa shape index (κ1) is 22.2. The van der Waals surface area contributed by atoms with Crippen LogP contribution in [-0.4, -0.2) is 32.1 Å². The SMILES string of the molecule is CCOC(=O)c1c(-n2nnc(-c3ccccc3)c2N)c(-c2ccccc2)n(C)c1-c1ccccc1. The van der Waals surface area contributed by atoms with E-state index in [1.165, 1.54) is 0 Å². The van der Waals surface area contributed by atoms with Crippen LogP contribution in [0.4, 0.5) is 5.82 Å². The van der Waals surface area contributed by atoms with Crippen LogP contribution in [0, 0.1) is 0 Å². The molecule has 3 aromatic carbocycles. The fraction of sp³-hybridized carbons (Fsp3) is 0.107. The van der Waals surface area contributed by atoms with Crippen molar-refractivity contribution in [2.45, 2.75) is 6.92 Å². The van der Waals surface area contributed by atoms with Crippen molar-refractivity contribution in [2.75, 3.05) is 12.3 Å². The molecule has 2 heterocycles. The van der Waals surface area contributed by atoms with Gasteiger partial charge in [0, 0.05) is 18.2 Å². The molecule has 0 radical (unpaired) electrons. The standard InChI is InChI=1S/C28H25N5O2/c1-3-35-28(34)22-24(20-15-9-5-10-16-20)32(2)25(21-17-11-6-12-18-21)26(22)33-27(29)23(30-31-33)19-13-7-4-8-14-19/h4-18H,3,29H2,1-2H3. The second kappa shape index (κ2) is 9.30. The van der Waals surface area contributed by atoms with Crippen LogP contribution in [-0.2, 0) is 11.8 Å². The van der Waals surface area contributed by atoms with Gasteiger partial charge in [0.2, 0.25) is 0 Å². The summed E-state index contributed by atoms with van der Waals surface area (Å²) in [5.74, 6) is -0.112. The van der Waals surface area contributed by atoms with Crippen molar-refractivity contribution < 1.29 is 9.53 Å². The van der Waals surface area contributed by atoms with Crippen molar-refractivity contribution in [3.05, 3.63) is 96.6 Å². The zero-order valence-corrected chi connectivity index (χ0v) is 19.6. The molecular formula is C28H25N5O2. The highest BCUT2D eigenvalue weighted by atomic mass is 16.5. The van der Waals surface area contributed by atoms with Crippen molar-refractivity contribution in [3.63, 3.8) is 0 Å². The van der Waals surface area contributed by atoms with E-state index < -0.39 is 5.97 Å². The maximum atomic E-state index is 13.5. The summed E-state index contributed by atoms with van der Waals surface area (Å²) in [5.41, 5.74) is 12.2. The Labute approximate surface area is 203 Å². The Morgan fingerprint density at radius 3 is 1.89 bits per heavy atom. The Kier molecular flexibility index (Phi) is 5.89. The molecule has 0 unspecified atom stereocenters. The van der Waals surface area contributed by atoms with Gasteiger partial charge in [-0.3, -0.25) is 0 Å². The third kappa shape index (κ3) is 3.87. The number of anilines is 1. The average molecular weight is 464 g/mol. The molecule has 0 saturated heterocycles. The molecule has 0 amide bonds. The molecule has 0 bridgehead atoms. The molecule has 2 N–H and O–H groups in total. The summed E-state index contributed by atoms with van der Waals surface area (Å²) in [6.07, 6.45) is 0. The van der Waals surface area contributed by atoms with Gasteiger partial charge >= 0.3 is 5.97 Å². The zero-order chi connectivity index (χ0) is 24.4. The number of nitrogens with two attached hydrogens (primary N) is 1. The second-order valence-corrected chi connectivity index (χ2v) is 8.03. The highest BCUT2D eigenvalue weighted by Crippen LogP contribution is 2.41. The molecule has 0 atom stereocenters. The Balaban J connectivity index is 1.87. The minimum atomic E-state index is -0.449. The summed E-state index contributed by atoms with van der Waals surface area (Å²) >= 11 is 0. The molecule has 174 valence electrons. The second-order valence-electron chi connectivity index (χ2n) is 8.03. The first-order valence-electron chi connectivity index (χ1n) is 11.4. The number of nitrogen functional groups attached to an aromatic ring is 1. The lowest BCUT2D eigenvalue weighted by Gasteiger charge is -2.10. The van der Waals surface area contributed by atoms with E-state index in [1.807, 2.05) is 103 Å². The predicted octanol–water partition coefficient (Wildman–Crippen LogP) is 5.37. The van der Waals surface area contributed by atoms with Crippen LogP contribution in [0.5, 0.6) is 0 Å². The molecule has 5 rings (SSSR count). The van der Waals surface area contributed by atoms with Gasteiger partial charge in [-0.1, -0.05) is 96.2 Å². The number of benzene rings is 3. The number of nitrogens with zero attached hydrogens (tertiary/aromatic N) is 4. The summed E-state index contributed by atoms with van der Waals surface area (Å²) in [5, 5.41) is 8.80. The van der Waals surface area contributed by atoms with Gasteiger partial charge < -0.3 is 15.0 Å². The number of ether oxygens (including phenoxy) is 1. The number of hydrogen-bond donors (Lipinski definition) is 1. The van der Waals surface area contributed by atoms with Crippen molar-refractivity contribution in [3.8, 4) is 39.5 Å². The lowest BCUT2D eigenvalue weighted by molar-refractivity contribution is 0.0527. The fourth-order valence-electron chi connectivity index (χ4n) is 4.39. The van der Waals surface area contributed by atoms with E-state index in [0.29, 0.717) is 28.5 Å². The van der Waals surface area contributed by atoms with Gasteiger partial charge in [-0.05, 0) is 12.5 Å². The van der Waals surface area contributed by atoms with Crippen molar-refractivity contribution in [1.82, 2.24) is 19.6 Å². The molecule has 7 heteroatoms. The number of esters is 1. The zero-order valence-electron chi connectivity index (χ0n) is 19.6. The van der Waals surface area contributed by atoms with Crippen LogP contribution >= 0.6 is 0 Å². The summed E-state index contributed by atoms with van der Waals surface area (Å²) in [7, 11) is 1.93. The van der Waals surface area contributed by atoms with Crippen LogP contribution in [0.3, 0.4) is 0 Å². The fourth-order valence-corrected chi connectivity index (χ4v) is 4.39. The van der Waals surface area contributed by atoms with E-state index in [0.717, 1.165) is 22.4 Å². The Morgan fingerprint density at radius 1 is 0.829 bits per heavy atom. The maximum absolute atomic E-state index is 13.5. The monoisotopic (exact) mass is 463 g/mol. The Hall–Kier alpha value is -4.65. The minimum absolute atomic E-state index is 0.240. The molecule has 2 aromatic heterocycles. The first-order chi connectivity index (χ1) is 17.1. The molecule has 0 spiro atoms. The molecule has 0 aliphatic heterocycles. The van der Waals surface area contributed by atoms with Gasteiger partial charge in [0.15, 0.2) is 5.82 Å². The Morgan fingerprint density at radius 2 is 1.34 bits per heavy atom. The van der Waals surface area contributed by atoms with E-state index in [2.05, 4.69) is 10.3 Å². The van der Waals surface area contributed by atoms with Crippen molar-refractivity contribution >= 4 is 11.8 Å². The third-order valence-electron chi connectivity index (χ3n) is 5.91. The van der Waals surface area contributed by atoms with Crippen molar-refractivity contribution in [2.24, 2.45) is 7.05 Å². The van der Waals surface area contributed by atoms with E-state index in [9.17, 15) is 4.79 Å². The molecular weight excluding hydrogens is 438 g/mol. The molecule has 0 saturated carbocycles. The number of aromatic nitrogens is 4. The molecule has 7 nitrogen and oxygen atoms in total. The van der Waals surface area contributed by atoms with E-state index in [-0.39, 0.29) is 6.61 Å². The van der Waals surface area contributed by atoms with Gasteiger partial charge in [-0.25, -0.2) is 4.79 Å². The topological polar surface area (TPSA) is 88.0 Å². The summed E-state index contributed by atoms with van der Waals surface area (Å²) in [6.45, 7) is 2.03. The number of carbonyl (C=O) groups is 1. The molecule has 5 aromatic rings. The van der Waals surface area contributed by atoms with Gasteiger partial charge in [0.1, 0.15) is 16.9 Å². The number of rotatable bonds is 6. The highest BCUT2D eigenvalue weighted by molar-refractivity contribution is 6.04. The summed E-state index contributed by atoms with van der Waals surface area (Å²) in [4.78, 5) is 13.5. The molecule has 35 heavy (non-hydrogen) atoms. The van der Waals surface area contributed by atoms with Crippen LogP contribution in [0.1, 0.15) is 17.3 Å². The highest BCUT2D eigenvalue weighted by Gasteiger charge is 2.32. The van der Waals surface area contributed by atoms with E-state index >= 15 is 0 Å². The van der Waals surface area contributed by atoms with E-state index in [4.69, 9.17) is 10.5 Å². The van der Waals surface area contributed by atoms with Crippen molar-refractivity contribution in [1.29, 1.82) is 0 Å². The van der Waals surface area contributed by atoms with Crippen LogP contribution in [0.25, 0.3) is 39.5 Å². The largest absolute Gasteiger partial charge is 0.462 e. The lowest BCUT2D eigenvalue weighted by Crippen LogP contribution is -2.12. The lowest BCUT2D eigenvalue weighted by atomic mass is 10.1. The third-order valence-corrected chi connectivity index (χ3v) is 5.91. The smallest absolute Gasteiger partial charge is 0.342 e. The summed E-state index contributed by atoms with van der Waals surface area (Å²) < 4.78 is 9.07. The molecule has 0 aliphatic carbocycles. The first-order valence-corrected chi connectivity index (χ1v) is 11.4. The van der Waals surface area contributed by atoms with Gasteiger partial charge in [-0.15, -0.1) is 5.10 Å². The normalized spacial score (nSPS) is 10.9. The van der Waals surface area contributed by atoms with Crippen LogP contribution < -0.4 is 5.73 Å². The van der Waals surface area contributed by atoms with E-state index in [1.54, 1.807) is 11.6 Å². The quantitative estimate of drug-likeness (QED) is 0.342.